The highest BCUT2D eigenvalue weighted by atomic mass is 16.5. The van der Waals surface area contributed by atoms with Crippen LogP contribution in [-0.2, 0) is 9.59 Å². The number of ether oxygens (including phenoxy) is 1. The Bertz CT molecular complexity index is 806. The van der Waals surface area contributed by atoms with Crippen molar-refractivity contribution in [3.63, 3.8) is 0 Å². The third-order valence-electron chi connectivity index (χ3n) is 4.40. The number of nitrogen functional groups attached to an aromatic ring is 1. The zero-order valence-electron chi connectivity index (χ0n) is 15.3. The predicted octanol–water partition coefficient (Wildman–Crippen LogP) is 2.90. The van der Waals surface area contributed by atoms with E-state index in [9.17, 15) is 9.59 Å². The molecule has 0 atom stereocenters. The monoisotopic (exact) mass is 375 g/mol. The van der Waals surface area contributed by atoms with Gasteiger partial charge >= 0.3 is 11.9 Å². The first kappa shape index (κ1) is 20.3. The standard InChI is InChI=1S/C15H21N3O.C4H4O4/c1-11-14(16)18-9-5-8-13(15(18)17-11)19-10-12-6-3-2-4-7-12;5-3(6)1-2-4(7)8/h5,8-9,12H,2-4,6-7,10,16H2,1H3;1-2H,(H,5,6)(H,7,8)/b;2-1+. The summed E-state index contributed by atoms with van der Waals surface area (Å²) in [4.78, 5) is 23.6. The van der Waals surface area contributed by atoms with Crippen molar-refractivity contribution in [1.29, 1.82) is 0 Å². The molecule has 0 spiro atoms. The SMILES string of the molecule is Cc1nc2c(OCC3CCCCC3)cccn2c1N.O=C(O)/C=C/C(=O)O. The molecule has 1 aliphatic carbocycles. The molecule has 27 heavy (non-hydrogen) atoms. The van der Waals surface area contributed by atoms with Gasteiger partial charge in [-0.1, -0.05) is 19.3 Å². The van der Waals surface area contributed by atoms with E-state index in [1.54, 1.807) is 0 Å². The Balaban J connectivity index is 0.000000279. The maximum absolute atomic E-state index is 9.55. The van der Waals surface area contributed by atoms with Gasteiger partial charge < -0.3 is 20.7 Å². The number of carboxylic acids is 2. The van der Waals surface area contributed by atoms with Gasteiger partial charge in [-0.15, -0.1) is 0 Å². The fraction of sp³-hybridized carbons (Fsp3) is 0.421. The summed E-state index contributed by atoms with van der Waals surface area (Å²) in [5.74, 6) is -0.284. The molecule has 0 saturated heterocycles. The molecule has 8 heteroatoms. The van der Waals surface area contributed by atoms with Gasteiger partial charge in [-0.3, -0.25) is 4.40 Å². The van der Waals surface area contributed by atoms with E-state index in [0.29, 0.717) is 23.9 Å². The number of pyridine rings is 1. The van der Waals surface area contributed by atoms with Crippen molar-refractivity contribution in [1.82, 2.24) is 9.38 Å². The van der Waals surface area contributed by atoms with E-state index in [1.807, 2.05) is 29.7 Å². The molecule has 0 aliphatic heterocycles. The summed E-state index contributed by atoms with van der Waals surface area (Å²) in [5, 5.41) is 15.6. The average Bonchev–Trinajstić information content (AvgIpc) is 2.95. The Hall–Kier alpha value is -3.03. The van der Waals surface area contributed by atoms with Crippen LogP contribution >= 0.6 is 0 Å². The molecule has 1 saturated carbocycles. The average molecular weight is 375 g/mol. The van der Waals surface area contributed by atoms with Gasteiger partial charge in [-0.05, 0) is 37.8 Å². The number of aromatic nitrogens is 2. The van der Waals surface area contributed by atoms with Gasteiger partial charge in [0, 0.05) is 18.3 Å². The van der Waals surface area contributed by atoms with Gasteiger partial charge in [0.2, 0.25) is 0 Å². The molecule has 3 rings (SSSR count). The van der Waals surface area contributed by atoms with E-state index in [-0.39, 0.29) is 0 Å². The molecule has 8 nitrogen and oxygen atoms in total. The molecule has 1 aliphatic rings. The number of hydrogen-bond donors (Lipinski definition) is 3. The zero-order valence-corrected chi connectivity index (χ0v) is 15.3. The Morgan fingerprint density at radius 2 is 1.89 bits per heavy atom. The number of hydrogen-bond acceptors (Lipinski definition) is 5. The number of carboxylic acid groups (broad SMARTS) is 2. The largest absolute Gasteiger partial charge is 0.489 e. The van der Waals surface area contributed by atoms with Crippen molar-refractivity contribution >= 4 is 23.4 Å². The number of aryl methyl sites for hydroxylation is 1. The smallest absolute Gasteiger partial charge is 0.328 e. The second-order valence-electron chi connectivity index (χ2n) is 6.47. The lowest BCUT2D eigenvalue weighted by Gasteiger charge is -2.21. The van der Waals surface area contributed by atoms with Crippen LogP contribution in [0.25, 0.3) is 5.65 Å². The fourth-order valence-electron chi connectivity index (χ4n) is 2.99. The third-order valence-corrected chi connectivity index (χ3v) is 4.40. The first-order valence-electron chi connectivity index (χ1n) is 8.88. The number of nitrogens with zero attached hydrogens (tertiary/aromatic N) is 2. The Morgan fingerprint density at radius 3 is 2.48 bits per heavy atom. The fourth-order valence-corrected chi connectivity index (χ4v) is 2.99. The molecule has 4 N–H and O–H groups in total. The first-order valence-corrected chi connectivity index (χ1v) is 8.88. The second kappa shape index (κ2) is 9.61. The highest BCUT2D eigenvalue weighted by molar-refractivity contribution is 5.89. The zero-order chi connectivity index (χ0) is 19.8. The number of carbonyl (C=O) groups is 2. The highest BCUT2D eigenvalue weighted by Crippen LogP contribution is 2.27. The van der Waals surface area contributed by atoms with Gasteiger partial charge in [0.15, 0.2) is 11.4 Å². The minimum atomic E-state index is -1.26. The van der Waals surface area contributed by atoms with Crippen molar-refractivity contribution in [2.75, 3.05) is 12.3 Å². The van der Waals surface area contributed by atoms with Crippen molar-refractivity contribution < 1.29 is 24.5 Å². The van der Waals surface area contributed by atoms with E-state index in [0.717, 1.165) is 23.7 Å². The van der Waals surface area contributed by atoms with Crippen LogP contribution in [0.5, 0.6) is 5.75 Å². The topological polar surface area (TPSA) is 127 Å². The Morgan fingerprint density at radius 1 is 1.26 bits per heavy atom. The van der Waals surface area contributed by atoms with E-state index in [2.05, 4.69) is 4.98 Å². The van der Waals surface area contributed by atoms with Gasteiger partial charge in [0.1, 0.15) is 5.82 Å². The van der Waals surface area contributed by atoms with Crippen molar-refractivity contribution in [3.05, 3.63) is 36.2 Å². The maximum Gasteiger partial charge on any atom is 0.328 e. The number of fused-ring (bicyclic) bond motifs is 1. The van der Waals surface area contributed by atoms with Crippen LogP contribution in [0.15, 0.2) is 30.5 Å². The van der Waals surface area contributed by atoms with Gasteiger partial charge in [-0.25, -0.2) is 14.6 Å². The summed E-state index contributed by atoms with van der Waals surface area (Å²) < 4.78 is 7.88. The van der Waals surface area contributed by atoms with Crippen LogP contribution in [0.3, 0.4) is 0 Å². The summed E-state index contributed by atoms with van der Waals surface area (Å²) in [6.07, 6.45) is 9.68. The van der Waals surface area contributed by atoms with Gasteiger partial charge in [-0.2, -0.15) is 0 Å². The summed E-state index contributed by atoms with van der Waals surface area (Å²) >= 11 is 0. The maximum atomic E-state index is 9.55. The first-order chi connectivity index (χ1) is 12.9. The molecule has 0 aromatic carbocycles. The van der Waals surface area contributed by atoms with E-state index in [4.69, 9.17) is 20.7 Å². The molecule has 0 amide bonds. The molecule has 0 bridgehead atoms. The summed E-state index contributed by atoms with van der Waals surface area (Å²) in [6.45, 7) is 2.72. The normalized spacial score (nSPS) is 14.7. The lowest BCUT2D eigenvalue weighted by atomic mass is 9.90. The molecule has 2 aromatic heterocycles. The van der Waals surface area contributed by atoms with Crippen LogP contribution in [0.1, 0.15) is 37.8 Å². The molecule has 2 heterocycles. The molecule has 0 radical (unpaired) electrons. The molecule has 0 unspecified atom stereocenters. The minimum absolute atomic E-state index is 0.558. The molecule has 1 fully saturated rings. The van der Waals surface area contributed by atoms with Crippen LogP contribution in [0, 0.1) is 12.8 Å². The van der Waals surface area contributed by atoms with Crippen LogP contribution in [0.4, 0.5) is 5.82 Å². The van der Waals surface area contributed by atoms with E-state index in [1.165, 1.54) is 32.1 Å². The number of imidazole rings is 1. The van der Waals surface area contributed by atoms with Crippen LogP contribution < -0.4 is 10.5 Å². The lowest BCUT2D eigenvalue weighted by molar-refractivity contribution is -0.134. The van der Waals surface area contributed by atoms with Crippen LogP contribution in [-0.4, -0.2) is 38.1 Å². The molecule has 146 valence electrons. The molecular formula is C19H25N3O5. The predicted molar refractivity (Wildman–Crippen MR) is 101 cm³/mol. The number of aliphatic carboxylic acids is 2. The molecule has 2 aromatic rings. The Labute approximate surface area is 157 Å². The third kappa shape index (κ3) is 6.02. The van der Waals surface area contributed by atoms with E-state index >= 15 is 0 Å². The van der Waals surface area contributed by atoms with Gasteiger partial charge in [0.05, 0.1) is 12.3 Å². The minimum Gasteiger partial charge on any atom is -0.489 e. The highest BCUT2D eigenvalue weighted by Gasteiger charge is 2.15. The van der Waals surface area contributed by atoms with Crippen molar-refractivity contribution in [3.8, 4) is 5.75 Å². The number of nitrogens with two attached hydrogens (primary N) is 1. The summed E-state index contributed by atoms with van der Waals surface area (Å²) in [5.41, 5.74) is 7.67. The number of rotatable bonds is 5. The van der Waals surface area contributed by atoms with Crippen molar-refractivity contribution in [2.45, 2.75) is 39.0 Å². The van der Waals surface area contributed by atoms with Gasteiger partial charge in [0.25, 0.3) is 0 Å². The van der Waals surface area contributed by atoms with E-state index < -0.39 is 11.9 Å². The lowest BCUT2D eigenvalue weighted by Crippen LogP contribution is -2.15. The quantitative estimate of drug-likeness (QED) is 0.686. The second-order valence-corrected chi connectivity index (χ2v) is 6.47. The van der Waals surface area contributed by atoms with Crippen LogP contribution in [0.2, 0.25) is 0 Å². The molecular weight excluding hydrogens is 350 g/mol. The summed E-state index contributed by atoms with van der Waals surface area (Å²) in [7, 11) is 0. The number of anilines is 1. The Kier molecular flexibility index (Phi) is 7.22. The van der Waals surface area contributed by atoms with Crippen molar-refractivity contribution in [2.24, 2.45) is 5.92 Å². The summed E-state index contributed by atoms with van der Waals surface area (Å²) in [6, 6.07) is 3.94.